The van der Waals surface area contributed by atoms with Crippen LogP contribution >= 0.6 is 11.8 Å². The Balaban J connectivity index is 2.86. The molecule has 0 unspecified atom stereocenters. The number of ketones is 1. The van der Waals surface area contributed by atoms with E-state index in [1.807, 2.05) is 27.7 Å². The average Bonchev–Trinajstić information content (AvgIpc) is 2.64. The van der Waals surface area contributed by atoms with E-state index in [1.165, 1.54) is 0 Å². The predicted octanol–water partition coefficient (Wildman–Crippen LogP) is 2.41. The Kier molecular flexibility index (Phi) is 4.51. The molecule has 0 atom stereocenters. The summed E-state index contributed by atoms with van der Waals surface area (Å²) in [5.41, 5.74) is 0.665. The van der Waals surface area contributed by atoms with E-state index < -0.39 is 0 Å². The van der Waals surface area contributed by atoms with Crippen molar-refractivity contribution in [3.8, 4) is 0 Å². The number of hydrogen-bond acceptors (Lipinski definition) is 4. The molecule has 15 heavy (non-hydrogen) atoms. The number of amidine groups is 1. The van der Waals surface area contributed by atoms with Crippen LogP contribution in [0.1, 0.15) is 27.7 Å². The lowest BCUT2D eigenvalue weighted by atomic mass is 9.96. The van der Waals surface area contributed by atoms with Crippen molar-refractivity contribution in [3.63, 3.8) is 0 Å². The zero-order valence-electron chi connectivity index (χ0n) is 9.78. The molecule has 3 nitrogen and oxygen atoms in total. The highest BCUT2D eigenvalue weighted by Crippen LogP contribution is 2.15. The molecule has 0 fully saturated rings. The Labute approximate surface area is 95.5 Å². The second-order valence-electron chi connectivity index (χ2n) is 4.18. The minimum Gasteiger partial charge on any atom is -0.293 e. The molecule has 0 radical (unpaired) electrons. The van der Waals surface area contributed by atoms with Gasteiger partial charge in [-0.2, -0.15) is 0 Å². The first-order valence-electron chi connectivity index (χ1n) is 5.32. The van der Waals surface area contributed by atoms with Gasteiger partial charge in [-0.3, -0.25) is 9.79 Å². The molecule has 4 heteroatoms. The number of nitrogens with zero attached hydrogens (tertiary/aromatic N) is 2. The van der Waals surface area contributed by atoms with Crippen LogP contribution in [0.3, 0.4) is 0 Å². The summed E-state index contributed by atoms with van der Waals surface area (Å²) in [6, 6.07) is 0. The van der Waals surface area contributed by atoms with E-state index in [0.29, 0.717) is 5.71 Å². The molecule has 0 aromatic rings. The normalized spacial score (nSPS) is 17.5. The lowest BCUT2D eigenvalue weighted by Gasteiger charge is -2.11. The molecule has 0 N–H and O–H groups in total. The molecule has 0 amide bonds. The second kappa shape index (κ2) is 5.45. The second-order valence-corrected chi connectivity index (χ2v) is 5.25. The van der Waals surface area contributed by atoms with E-state index in [9.17, 15) is 4.79 Å². The first-order chi connectivity index (χ1) is 7.02. The number of thioether (sulfide) groups is 1. The first kappa shape index (κ1) is 12.4. The number of carbonyl (C=O) groups is 1. The number of Topliss-reactive ketones (excluding diaryl/α,β-unsaturated/α-hetero) is 1. The molecule has 1 aliphatic rings. The van der Waals surface area contributed by atoms with Crippen molar-refractivity contribution in [1.29, 1.82) is 0 Å². The van der Waals surface area contributed by atoms with Crippen LogP contribution in [0.25, 0.3) is 0 Å². The van der Waals surface area contributed by atoms with Crippen molar-refractivity contribution in [2.45, 2.75) is 27.7 Å². The zero-order valence-corrected chi connectivity index (χ0v) is 10.6. The summed E-state index contributed by atoms with van der Waals surface area (Å²) >= 11 is 1.63. The summed E-state index contributed by atoms with van der Waals surface area (Å²) in [6.07, 6.45) is 0. The molecule has 0 aliphatic carbocycles. The van der Waals surface area contributed by atoms with Crippen molar-refractivity contribution in [3.05, 3.63) is 0 Å². The molecule has 0 aromatic carbocycles. The Bertz CT molecular complexity index is 306. The van der Waals surface area contributed by atoms with Gasteiger partial charge >= 0.3 is 0 Å². The van der Waals surface area contributed by atoms with Crippen molar-refractivity contribution in [2.24, 2.45) is 21.8 Å². The smallest absolute Gasteiger partial charge is 0.183 e. The van der Waals surface area contributed by atoms with Gasteiger partial charge in [-0.05, 0) is 5.92 Å². The fraction of sp³-hybridized carbons (Fsp3) is 0.727. The molecule has 0 aromatic heterocycles. The average molecular weight is 226 g/mol. The van der Waals surface area contributed by atoms with Gasteiger partial charge in [0.05, 0.1) is 12.3 Å². The highest BCUT2D eigenvalue weighted by atomic mass is 32.2. The van der Waals surface area contributed by atoms with Crippen LogP contribution in [0.15, 0.2) is 9.98 Å². The third-order valence-corrected chi connectivity index (χ3v) is 2.97. The molecule has 84 valence electrons. The lowest BCUT2D eigenvalue weighted by molar-refractivity contribution is -0.115. The van der Waals surface area contributed by atoms with Gasteiger partial charge in [0.25, 0.3) is 0 Å². The maximum atomic E-state index is 11.9. The monoisotopic (exact) mass is 226 g/mol. The highest BCUT2D eigenvalue weighted by molar-refractivity contribution is 8.14. The van der Waals surface area contributed by atoms with Gasteiger partial charge in [-0.25, -0.2) is 4.99 Å². The fourth-order valence-corrected chi connectivity index (χ4v) is 1.97. The largest absolute Gasteiger partial charge is 0.293 e. The van der Waals surface area contributed by atoms with Gasteiger partial charge < -0.3 is 0 Å². The Morgan fingerprint density at radius 1 is 1.33 bits per heavy atom. The van der Waals surface area contributed by atoms with E-state index in [-0.39, 0.29) is 17.6 Å². The van der Waals surface area contributed by atoms with E-state index in [4.69, 9.17) is 0 Å². The number of aliphatic imine (C=N–C) groups is 2. The molecule has 0 spiro atoms. The standard InChI is InChI=1S/C11H18N2OS/c1-7(2)9(10(14)8(3)4)13-11-12-5-6-15-11/h7-8H,5-6H2,1-4H3. The van der Waals surface area contributed by atoms with E-state index >= 15 is 0 Å². The summed E-state index contributed by atoms with van der Waals surface area (Å²) in [7, 11) is 0. The van der Waals surface area contributed by atoms with Gasteiger partial charge in [0.2, 0.25) is 0 Å². The molecule has 1 aliphatic heterocycles. The third kappa shape index (κ3) is 3.45. The quantitative estimate of drug-likeness (QED) is 0.693. The van der Waals surface area contributed by atoms with Crippen LogP contribution in [0.5, 0.6) is 0 Å². The van der Waals surface area contributed by atoms with Crippen molar-refractivity contribution >= 4 is 28.4 Å². The lowest BCUT2D eigenvalue weighted by Crippen LogP contribution is -2.25. The van der Waals surface area contributed by atoms with Gasteiger partial charge in [0.1, 0.15) is 0 Å². The Morgan fingerprint density at radius 3 is 2.40 bits per heavy atom. The van der Waals surface area contributed by atoms with E-state index in [2.05, 4.69) is 9.98 Å². The molecular formula is C11H18N2OS. The van der Waals surface area contributed by atoms with E-state index in [0.717, 1.165) is 17.5 Å². The SMILES string of the molecule is CC(C)C(=O)C(=NC1=NCCS1)C(C)C. The molecular weight excluding hydrogens is 208 g/mol. The molecule has 0 saturated heterocycles. The van der Waals surface area contributed by atoms with Gasteiger partial charge in [0.15, 0.2) is 11.0 Å². The van der Waals surface area contributed by atoms with Crippen LogP contribution in [0.2, 0.25) is 0 Å². The van der Waals surface area contributed by atoms with Crippen LogP contribution in [-0.2, 0) is 4.79 Å². The minimum atomic E-state index is 0.0122. The van der Waals surface area contributed by atoms with Crippen molar-refractivity contribution in [2.75, 3.05) is 12.3 Å². The van der Waals surface area contributed by atoms with Crippen molar-refractivity contribution in [1.82, 2.24) is 0 Å². The fourth-order valence-electron chi connectivity index (χ4n) is 1.26. The van der Waals surface area contributed by atoms with Crippen LogP contribution in [0, 0.1) is 11.8 Å². The summed E-state index contributed by atoms with van der Waals surface area (Å²) < 4.78 is 0. The number of rotatable bonds is 3. The minimum absolute atomic E-state index is 0.0122. The summed E-state index contributed by atoms with van der Waals surface area (Å²) in [5, 5.41) is 0.771. The van der Waals surface area contributed by atoms with Crippen LogP contribution < -0.4 is 0 Å². The van der Waals surface area contributed by atoms with Gasteiger partial charge in [0, 0.05) is 11.7 Å². The predicted molar refractivity (Wildman–Crippen MR) is 66.9 cm³/mol. The molecule has 0 saturated carbocycles. The zero-order chi connectivity index (χ0) is 11.4. The topological polar surface area (TPSA) is 41.8 Å². The molecule has 1 rings (SSSR count). The van der Waals surface area contributed by atoms with Crippen LogP contribution in [-0.4, -0.2) is 29.0 Å². The first-order valence-corrected chi connectivity index (χ1v) is 6.31. The molecule has 0 bridgehead atoms. The summed E-state index contributed by atoms with van der Waals surface area (Å²) in [4.78, 5) is 20.5. The summed E-state index contributed by atoms with van der Waals surface area (Å²) in [5.74, 6) is 1.31. The van der Waals surface area contributed by atoms with Gasteiger partial charge in [-0.1, -0.05) is 39.5 Å². The van der Waals surface area contributed by atoms with Crippen LogP contribution in [0.4, 0.5) is 0 Å². The van der Waals surface area contributed by atoms with Crippen molar-refractivity contribution < 1.29 is 4.79 Å². The third-order valence-electron chi connectivity index (χ3n) is 2.11. The maximum absolute atomic E-state index is 11.9. The van der Waals surface area contributed by atoms with Gasteiger partial charge in [-0.15, -0.1) is 0 Å². The number of carbonyl (C=O) groups excluding carboxylic acids is 1. The van der Waals surface area contributed by atoms with E-state index in [1.54, 1.807) is 11.8 Å². The maximum Gasteiger partial charge on any atom is 0.183 e. The Morgan fingerprint density at radius 2 is 2.00 bits per heavy atom. The molecule has 1 heterocycles. The highest BCUT2D eigenvalue weighted by Gasteiger charge is 2.20. The summed E-state index contributed by atoms with van der Waals surface area (Å²) in [6.45, 7) is 8.64. The Hall–Kier alpha value is -0.640. The number of hydrogen-bond donors (Lipinski definition) is 0.